The normalized spacial score (nSPS) is 16.1. The number of benzene rings is 2. The molecule has 2 amide bonds. The van der Waals surface area contributed by atoms with Crippen molar-refractivity contribution in [1.82, 2.24) is 10.6 Å². The lowest BCUT2D eigenvalue weighted by atomic mass is 10.1. The molecule has 7 heteroatoms. The Hall–Kier alpha value is -3.35. The minimum atomic E-state index is -0.632. The zero-order valence-corrected chi connectivity index (χ0v) is 15.1. The average molecular weight is 367 g/mol. The minimum absolute atomic E-state index is 0.0785. The van der Waals surface area contributed by atoms with Gasteiger partial charge < -0.3 is 10.1 Å². The molecule has 1 aliphatic heterocycles. The molecular formula is C20H23N4O3+. The number of hydrogen-bond donors (Lipinski definition) is 4. The van der Waals surface area contributed by atoms with Crippen LogP contribution in [0.2, 0.25) is 0 Å². The molecule has 0 spiro atoms. The highest BCUT2D eigenvalue weighted by atomic mass is 16.5. The molecule has 0 saturated carbocycles. The monoisotopic (exact) mass is 367 g/mol. The molecule has 0 saturated heterocycles. The Morgan fingerprint density at radius 1 is 1.19 bits per heavy atom. The molecule has 0 aliphatic carbocycles. The molecule has 0 bridgehead atoms. The third-order valence-electron chi connectivity index (χ3n) is 4.03. The third-order valence-corrected chi connectivity index (χ3v) is 4.03. The van der Waals surface area contributed by atoms with E-state index in [1.54, 1.807) is 0 Å². The SMILES string of the molecule is CCOc1ccc(NC2=[NH+]C(C(=O)NCc3ccccc3)CC(=O)N2)cc1. The number of carbonyl (C=O) groups excluding carboxylic acids is 2. The van der Waals surface area contributed by atoms with Gasteiger partial charge in [0, 0.05) is 6.54 Å². The van der Waals surface area contributed by atoms with Crippen molar-refractivity contribution in [2.75, 3.05) is 11.9 Å². The van der Waals surface area contributed by atoms with Gasteiger partial charge in [0.25, 0.3) is 11.8 Å². The van der Waals surface area contributed by atoms with Gasteiger partial charge in [-0.05, 0) is 36.8 Å². The summed E-state index contributed by atoms with van der Waals surface area (Å²) >= 11 is 0. The largest absolute Gasteiger partial charge is 0.494 e. The van der Waals surface area contributed by atoms with E-state index in [1.807, 2.05) is 61.5 Å². The van der Waals surface area contributed by atoms with E-state index in [-0.39, 0.29) is 18.2 Å². The second kappa shape index (κ2) is 8.84. The van der Waals surface area contributed by atoms with Crippen LogP contribution >= 0.6 is 0 Å². The maximum atomic E-state index is 12.4. The van der Waals surface area contributed by atoms with E-state index in [2.05, 4.69) is 20.9 Å². The van der Waals surface area contributed by atoms with E-state index in [1.165, 1.54) is 0 Å². The number of nitrogens with one attached hydrogen (secondary N) is 4. The van der Waals surface area contributed by atoms with E-state index in [0.717, 1.165) is 17.0 Å². The average Bonchev–Trinajstić information content (AvgIpc) is 2.68. The van der Waals surface area contributed by atoms with Gasteiger partial charge in [-0.25, -0.2) is 10.6 Å². The van der Waals surface area contributed by atoms with Crippen molar-refractivity contribution in [3.63, 3.8) is 0 Å². The fourth-order valence-corrected chi connectivity index (χ4v) is 2.72. The molecule has 1 unspecified atom stereocenters. The summed E-state index contributed by atoms with van der Waals surface area (Å²) in [5.41, 5.74) is 1.77. The minimum Gasteiger partial charge on any atom is -0.494 e. The third kappa shape index (κ3) is 5.31. The topological polar surface area (TPSA) is 93.4 Å². The number of carbonyl (C=O) groups is 2. The summed E-state index contributed by atoms with van der Waals surface area (Å²) in [5, 5.41) is 8.64. The first kappa shape index (κ1) is 18.4. The maximum Gasteiger partial charge on any atom is 0.356 e. The first-order valence-corrected chi connectivity index (χ1v) is 8.89. The highest BCUT2D eigenvalue weighted by molar-refractivity contribution is 6.04. The standard InChI is InChI=1S/C20H22N4O3/c1-2-27-16-10-8-15(9-11-16)22-20-23-17(12-18(25)24-20)19(26)21-13-14-6-4-3-5-7-14/h3-11,17H,2,12-13H2,1H3,(H,21,26)(H2,22,23,24,25)/p+1. The molecule has 3 rings (SSSR count). The molecule has 2 aromatic carbocycles. The van der Waals surface area contributed by atoms with E-state index in [4.69, 9.17) is 4.74 Å². The Morgan fingerprint density at radius 3 is 2.63 bits per heavy atom. The molecule has 0 fully saturated rings. The van der Waals surface area contributed by atoms with Crippen LogP contribution in [0.5, 0.6) is 5.75 Å². The molecule has 0 radical (unpaired) electrons. The van der Waals surface area contributed by atoms with Gasteiger partial charge in [-0.3, -0.25) is 14.6 Å². The lowest BCUT2D eigenvalue weighted by Crippen LogP contribution is -2.89. The summed E-state index contributed by atoms with van der Waals surface area (Å²) < 4.78 is 5.41. The highest BCUT2D eigenvalue weighted by Crippen LogP contribution is 2.15. The molecule has 7 nitrogen and oxygen atoms in total. The van der Waals surface area contributed by atoms with Crippen LogP contribution in [0.4, 0.5) is 5.69 Å². The van der Waals surface area contributed by atoms with Crippen molar-refractivity contribution in [3.8, 4) is 5.75 Å². The Morgan fingerprint density at radius 2 is 1.93 bits per heavy atom. The molecule has 4 N–H and O–H groups in total. The van der Waals surface area contributed by atoms with Crippen LogP contribution in [0.15, 0.2) is 54.6 Å². The van der Waals surface area contributed by atoms with Crippen molar-refractivity contribution >= 4 is 23.5 Å². The first-order chi connectivity index (χ1) is 13.1. The first-order valence-electron chi connectivity index (χ1n) is 8.89. The molecule has 1 atom stereocenters. The number of amides is 2. The van der Waals surface area contributed by atoms with Gasteiger partial charge >= 0.3 is 5.96 Å². The summed E-state index contributed by atoms with van der Waals surface area (Å²) in [6.45, 7) is 2.94. The van der Waals surface area contributed by atoms with Crippen LogP contribution in [0, 0.1) is 0 Å². The van der Waals surface area contributed by atoms with Gasteiger partial charge in [0.05, 0.1) is 18.7 Å². The van der Waals surface area contributed by atoms with Crippen LogP contribution in [0.1, 0.15) is 18.9 Å². The van der Waals surface area contributed by atoms with Crippen LogP contribution in [-0.4, -0.2) is 30.4 Å². The second-order valence-electron chi connectivity index (χ2n) is 6.11. The molecule has 140 valence electrons. The van der Waals surface area contributed by atoms with Crippen LogP contribution in [-0.2, 0) is 16.1 Å². The number of guanidine groups is 1. The summed E-state index contributed by atoms with van der Waals surface area (Å²) in [5.74, 6) is 0.712. The van der Waals surface area contributed by atoms with Gasteiger partial charge in [-0.1, -0.05) is 30.3 Å². The molecule has 1 aliphatic rings. The van der Waals surface area contributed by atoms with Crippen molar-refractivity contribution < 1.29 is 19.3 Å². The number of ether oxygens (including phenoxy) is 1. The predicted octanol–water partition coefficient (Wildman–Crippen LogP) is 0.139. The van der Waals surface area contributed by atoms with Crippen LogP contribution in [0.25, 0.3) is 0 Å². The lowest BCUT2D eigenvalue weighted by molar-refractivity contribution is -0.491. The number of hydrogen-bond acceptors (Lipinski definition) is 4. The van der Waals surface area contributed by atoms with Crippen molar-refractivity contribution in [2.24, 2.45) is 0 Å². The number of rotatable bonds is 6. The van der Waals surface area contributed by atoms with Gasteiger partial charge in [0.15, 0.2) is 6.04 Å². The maximum absolute atomic E-state index is 12.4. The number of anilines is 1. The van der Waals surface area contributed by atoms with E-state index in [9.17, 15) is 9.59 Å². The fraction of sp³-hybridized carbons (Fsp3) is 0.250. The van der Waals surface area contributed by atoms with Crippen LogP contribution < -0.4 is 25.7 Å². The second-order valence-corrected chi connectivity index (χ2v) is 6.11. The zero-order valence-electron chi connectivity index (χ0n) is 15.1. The summed E-state index contributed by atoms with van der Waals surface area (Å²) in [7, 11) is 0. The lowest BCUT2D eigenvalue weighted by Gasteiger charge is -2.17. The van der Waals surface area contributed by atoms with E-state index < -0.39 is 6.04 Å². The fourth-order valence-electron chi connectivity index (χ4n) is 2.72. The molecule has 27 heavy (non-hydrogen) atoms. The van der Waals surface area contributed by atoms with Crippen molar-refractivity contribution in [2.45, 2.75) is 25.9 Å². The molecule has 1 heterocycles. The molecule has 0 aromatic heterocycles. The van der Waals surface area contributed by atoms with Gasteiger partial charge in [-0.15, -0.1) is 0 Å². The van der Waals surface area contributed by atoms with Gasteiger partial charge in [0.2, 0.25) is 0 Å². The summed E-state index contributed by atoms with van der Waals surface area (Å²) in [6.07, 6.45) is 0.0785. The van der Waals surface area contributed by atoms with Crippen molar-refractivity contribution in [1.29, 1.82) is 0 Å². The Balaban J connectivity index is 1.62. The van der Waals surface area contributed by atoms with Crippen LogP contribution in [0.3, 0.4) is 0 Å². The quantitative estimate of drug-likeness (QED) is 0.584. The molecule has 2 aromatic rings. The Labute approximate surface area is 157 Å². The smallest absolute Gasteiger partial charge is 0.356 e. The Bertz CT molecular complexity index is 819. The molecular weight excluding hydrogens is 344 g/mol. The van der Waals surface area contributed by atoms with E-state index in [0.29, 0.717) is 19.1 Å². The van der Waals surface area contributed by atoms with Gasteiger partial charge in [0.1, 0.15) is 5.75 Å². The van der Waals surface area contributed by atoms with Crippen molar-refractivity contribution in [3.05, 3.63) is 60.2 Å². The summed E-state index contributed by atoms with van der Waals surface area (Å²) in [6, 6.07) is 16.3. The van der Waals surface area contributed by atoms with E-state index >= 15 is 0 Å². The highest BCUT2D eigenvalue weighted by Gasteiger charge is 2.30. The zero-order chi connectivity index (χ0) is 19.1. The Kier molecular flexibility index (Phi) is 6.04. The summed E-state index contributed by atoms with van der Waals surface area (Å²) in [4.78, 5) is 27.4. The predicted molar refractivity (Wildman–Crippen MR) is 102 cm³/mol. The van der Waals surface area contributed by atoms with Gasteiger partial charge in [-0.2, -0.15) is 0 Å².